The Morgan fingerprint density at radius 2 is 2.00 bits per heavy atom. The molecule has 4 nitrogen and oxygen atoms in total. The van der Waals surface area contributed by atoms with E-state index in [9.17, 15) is 0 Å². The third-order valence-electron chi connectivity index (χ3n) is 3.37. The van der Waals surface area contributed by atoms with Crippen LogP contribution in [-0.2, 0) is 0 Å². The van der Waals surface area contributed by atoms with Crippen LogP contribution < -0.4 is 0 Å². The number of fused-ring (bicyclic) bond motifs is 3. The van der Waals surface area contributed by atoms with E-state index in [1.165, 1.54) is 10.4 Å². The molecule has 21 heavy (non-hydrogen) atoms. The summed E-state index contributed by atoms with van der Waals surface area (Å²) in [6.07, 6.45) is 1.74. The molecule has 4 aromatic rings. The Bertz CT molecular complexity index is 979. The summed E-state index contributed by atoms with van der Waals surface area (Å²) in [6, 6.07) is 2.03. The molecule has 0 saturated carbocycles. The molecule has 8 heteroatoms. The van der Waals surface area contributed by atoms with Gasteiger partial charge >= 0.3 is 0 Å². The van der Waals surface area contributed by atoms with E-state index < -0.39 is 0 Å². The Hall–Kier alpha value is -0.830. The maximum atomic E-state index is 4.73. The molecule has 4 aromatic heterocycles. The van der Waals surface area contributed by atoms with Crippen molar-refractivity contribution in [2.45, 2.75) is 13.8 Å². The lowest BCUT2D eigenvalue weighted by molar-refractivity contribution is 0.940. The molecule has 0 aliphatic carbocycles. The molecule has 0 bridgehead atoms. The van der Waals surface area contributed by atoms with Crippen LogP contribution in [-0.4, -0.2) is 19.6 Å². The standard InChI is InChI=1S/C13H8Br2N4S2/c1-5-6(2)20-13-9(5)12-17-11(18-19(12)4-16-13)8-3-7(14)10(15)21-8/h3-4H,1-2H3. The topological polar surface area (TPSA) is 43.1 Å². The number of hydrogen-bond acceptors (Lipinski definition) is 5. The average molecular weight is 444 g/mol. The molecule has 0 aliphatic heterocycles. The van der Waals surface area contributed by atoms with E-state index in [2.05, 4.69) is 55.8 Å². The van der Waals surface area contributed by atoms with E-state index in [1.807, 2.05) is 6.07 Å². The maximum Gasteiger partial charge on any atom is 0.192 e. The fraction of sp³-hybridized carbons (Fsp3) is 0.154. The molecule has 0 aromatic carbocycles. The van der Waals surface area contributed by atoms with Gasteiger partial charge < -0.3 is 0 Å². The summed E-state index contributed by atoms with van der Waals surface area (Å²) in [7, 11) is 0. The van der Waals surface area contributed by atoms with Crippen LogP contribution in [0.1, 0.15) is 10.4 Å². The Balaban J connectivity index is 2.03. The molecule has 0 aliphatic rings. The summed E-state index contributed by atoms with van der Waals surface area (Å²) >= 11 is 10.3. The number of rotatable bonds is 1. The zero-order valence-corrected chi connectivity index (χ0v) is 15.8. The first-order valence-corrected chi connectivity index (χ1v) is 9.33. The van der Waals surface area contributed by atoms with Crippen molar-refractivity contribution >= 4 is 70.4 Å². The molecule has 0 N–H and O–H groups in total. The molecule has 0 radical (unpaired) electrons. The number of aromatic nitrogens is 4. The van der Waals surface area contributed by atoms with Crippen LogP contribution in [0.5, 0.6) is 0 Å². The molecular weight excluding hydrogens is 436 g/mol. The Labute approximate surface area is 145 Å². The van der Waals surface area contributed by atoms with E-state index in [0.29, 0.717) is 0 Å². The van der Waals surface area contributed by atoms with Gasteiger partial charge in [-0.1, -0.05) is 0 Å². The van der Waals surface area contributed by atoms with E-state index in [1.54, 1.807) is 33.5 Å². The van der Waals surface area contributed by atoms with Gasteiger partial charge in [-0.15, -0.1) is 27.8 Å². The average Bonchev–Trinajstić information content (AvgIpc) is 3.08. The molecule has 0 spiro atoms. The maximum absolute atomic E-state index is 4.73. The van der Waals surface area contributed by atoms with Crippen LogP contribution >= 0.6 is 54.5 Å². The highest BCUT2D eigenvalue weighted by atomic mass is 79.9. The van der Waals surface area contributed by atoms with Crippen molar-refractivity contribution < 1.29 is 0 Å². The molecule has 106 valence electrons. The van der Waals surface area contributed by atoms with Gasteiger partial charge in [0.1, 0.15) is 11.2 Å². The highest BCUT2D eigenvalue weighted by molar-refractivity contribution is 9.13. The van der Waals surface area contributed by atoms with Crippen LogP contribution in [0.2, 0.25) is 0 Å². The summed E-state index contributed by atoms with van der Waals surface area (Å²) in [5.74, 6) is 0.726. The summed E-state index contributed by atoms with van der Waals surface area (Å²) in [6.45, 7) is 4.23. The highest BCUT2D eigenvalue weighted by Crippen LogP contribution is 2.38. The predicted octanol–water partition coefficient (Wildman–Crippen LogP) is 5.21. The SMILES string of the molecule is Cc1sc2ncn3nc(-c4cc(Br)c(Br)s4)nc3c2c1C. The molecule has 0 amide bonds. The lowest BCUT2D eigenvalue weighted by atomic mass is 10.2. The third-order valence-corrected chi connectivity index (χ3v) is 7.74. The summed E-state index contributed by atoms with van der Waals surface area (Å²) in [5.41, 5.74) is 2.11. The first kappa shape index (κ1) is 13.8. The first-order valence-electron chi connectivity index (χ1n) is 6.11. The third kappa shape index (κ3) is 2.08. The highest BCUT2D eigenvalue weighted by Gasteiger charge is 2.16. The molecular formula is C13H8Br2N4S2. The van der Waals surface area contributed by atoms with Crippen molar-refractivity contribution in [1.29, 1.82) is 0 Å². The molecule has 0 saturated heterocycles. The van der Waals surface area contributed by atoms with Crippen LogP contribution in [0.25, 0.3) is 26.6 Å². The number of nitrogens with zero attached hydrogens (tertiary/aromatic N) is 4. The second-order valence-electron chi connectivity index (χ2n) is 4.64. The molecule has 4 rings (SSSR count). The van der Waals surface area contributed by atoms with Crippen LogP contribution in [0.15, 0.2) is 20.7 Å². The van der Waals surface area contributed by atoms with E-state index in [4.69, 9.17) is 4.98 Å². The van der Waals surface area contributed by atoms with Crippen molar-refractivity contribution in [2.24, 2.45) is 0 Å². The number of aryl methyl sites for hydroxylation is 2. The smallest absolute Gasteiger partial charge is 0.192 e. The minimum atomic E-state index is 0.726. The van der Waals surface area contributed by atoms with Gasteiger partial charge in [-0.2, -0.15) is 0 Å². The summed E-state index contributed by atoms with van der Waals surface area (Å²) in [5, 5.41) is 5.66. The van der Waals surface area contributed by atoms with Crippen LogP contribution in [0.4, 0.5) is 0 Å². The Morgan fingerprint density at radius 1 is 1.19 bits per heavy atom. The van der Waals surface area contributed by atoms with Gasteiger partial charge in [0.2, 0.25) is 0 Å². The van der Waals surface area contributed by atoms with E-state index >= 15 is 0 Å². The second-order valence-corrected chi connectivity index (χ2v) is 9.07. The van der Waals surface area contributed by atoms with Gasteiger partial charge in [0.05, 0.1) is 14.0 Å². The zero-order chi connectivity index (χ0) is 14.7. The lowest BCUT2D eigenvalue weighted by Gasteiger charge is -1.93. The fourth-order valence-corrected chi connectivity index (χ4v) is 5.16. The molecule has 0 unspecified atom stereocenters. The molecule has 0 fully saturated rings. The van der Waals surface area contributed by atoms with Crippen LogP contribution in [0, 0.1) is 13.8 Å². The van der Waals surface area contributed by atoms with Gasteiger partial charge in [0, 0.05) is 9.35 Å². The van der Waals surface area contributed by atoms with Crippen LogP contribution in [0.3, 0.4) is 0 Å². The fourth-order valence-electron chi connectivity index (χ4n) is 2.21. The lowest BCUT2D eigenvalue weighted by Crippen LogP contribution is -1.89. The normalized spacial score (nSPS) is 11.8. The van der Waals surface area contributed by atoms with Crippen molar-refractivity contribution in [3.05, 3.63) is 31.1 Å². The predicted molar refractivity (Wildman–Crippen MR) is 94.4 cm³/mol. The quantitative estimate of drug-likeness (QED) is 0.405. The summed E-state index contributed by atoms with van der Waals surface area (Å²) in [4.78, 5) is 12.5. The van der Waals surface area contributed by atoms with Gasteiger partial charge in [-0.05, 0) is 57.3 Å². The van der Waals surface area contributed by atoms with Crippen molar-refractivity contribution in [1.82, 2.24) is 19.6 Å². The Morgan fingerprint density at radius 3 is 2.71 bits per heavy atom. The van der Waals surface area contributed by atoms with Gasteiger partial charge in [0.15, 0.2) is 11.5 Å². The second kappa shape index (κ2) is 4.84. The van der Waals surface area contributed by atoms with E-state index in [0.717, 1.165) is 34.8 Å². The molecule has 4 heterocycles. The minimum absolute atomic E-state index is 0.726. The van der Waals surface area contributed by atoms with Gasteiger partial charge in [-0.3, -0.25) is 0 Å². The summed E-state index contributed by atoms with van der Waals surface area (Å²) < 4.78 is 3.83. The largest absolute Gasteiger partial charge is 0.225 e. The van der Waals surface area contributed by atoms with E-state index in [-0.39, 0.29) is 0 Å². The minimum Gasteiger partial charge on any atom is -0.225 e. The van der Waals surface area contributed by atoms with Crippen molar-refractivity contribution in [3.8, 4) is 10.7 Å². The number of halogens is 2. The van der Waals surface area contributed by atoms with Crippen molar-refractivity contribution in [2.75, 3.05) is 0 Å². The number of hydrogen-bond donors (Lipinski definition) is 0. The first-order chi connectivity index (χ1) is 10.0. The molecule has 0 atom stereocenters. The Kier molecular flexibility index (Phi) is 3.18. The number of thiophene rings is 2. The van der Waals surface area contributed by atoms with Crippen molar-refractivity contribution in [3.63, 3.8) is 0 Å². The van der Waals surface area contributed by atoms with Gasteiger partial charge in [-0.25, -0.2) is 14.5 Å². The van der Waals surface area contributed by atoms with Gasteiger partial charge in [0.25, 0.3) is 0 Å². The monoisotopic (exact) mass is 442 g/mol. The zero-order valence-electron chi connectivity index (χ0n) is 11.0.